The van der Waals surface area contributed by atoms with E-state index in [0.29, 0.717) is 0 Å². The predicted molar refractivity (Wildman–Crippen MR) is 143 cm³/mol. The van der Waals surface area contributed by atoms with Crippen molar-refractivity contribution in [3.8, 4) is 5.75 Å². The summed E-state index contributed by atoms with van der Waals surface area (Å²) in [6.07, 6.45) is -0.535. The summed E-state index contributed by atoms with van der Waals surface area (Å²) in [5.41, 5.74) is -6.56. The Labute approximate surface area is 243 Å². The fourth-order valence-electron chi connectivity index (χ4n) is 6.18. The number of rotatable bonds is 6. The van der Waals surface area contributed by atoms with Gasteiger partial charge in [0.2, 0.25) is 5.78 Å². The maximum absolute atomic E-state index is 14.0. The summed E-state index contributed by atoms with van der Waals surface area (Å²) >= 11 is 0. The van der Waals surface area contributed by atoms with Gasteiger partial charge in [0.25, 0.3) is 5.91 Å². The normalized spacial score (nSPS) is 25.8. The predicted octanol–water partition coefficient (Wildman–Crippen LogP) is 0.755. The van der Waals surface area contributed by atoms with Crippen molar-refractivity contribution in [3.05, 3.63) is 39.7 Å². The fraction of sp³-hybridized carbons (Fsp3) is 0.462. The van der Waals surface area contributed by atoms with Crippen molar-refractivity contribution in [2.24, 2.45) is 17.6 Å². The lowest BCUT2D eigenvalue weighted by molar-refractivity contribution is -0.153. The second-order valence-electron chi connectivity index (χ2n) is 11.0. The van der Waals surface area contributed by atoms with Crippen LogP contribution in [0.25, 0.3) is 5.76 Å². The van der Waals surface area contributed by atoms with Crippen LogP contribution in [-0.4, -0.2) is 97.2 Å². The van der Waals surface area contributed by atoms with Gasteiger partial charge in [-0.15, -0.1) is 0 Å². The lowest BCUT2D eigenvalue weighted by Crippen LogP contribution is -2.65. The average molecular weight is 632 g/mol. The third-order valence-corrected chi connectivity index (χ3v) is 8.97. The number of likely N-dealkylation sites (N-methyl/N-ethyl adjacent to an activating group) is 1. The first kappa shape index (κ1) is 32.0. The molecule has 1 fully saturated rings. The molecule has 0 spiro atoms. The Balaban J connectivity index is 2.09. The average Bonchev–Trinajstić information content (AvgIpc) is 2.84. The number of carbonyl (C=O) groups is 4. The number of hydrogen-bond acceptors (Lipinski definition) is 12. The molecular weight excluding hydrogens is 603 g/mol. The molecule has 1 amide bonds. The number of fused-ring (bicyclic) bond motifs is 3. The number of aliphatic hydroxyl groups excluding tert-OH is 2. The molecule has 0 aliphatic heterocycles. The summed E-state index contributed by atoms with van der Waals surface area (Å²) in [6, 6.07) is -0.260. The molecule has 1 aromatic rings. The largest absolute Gasteiger partial charge is 0.534 e. The van der Waals surface area contributed by atoms with E-state index in [1.165, 1.54) is 38.0 Å². The first-order valence-corrected chi connectivity index (χ1v) is 14.0. The number of amides is 1. The number of primary amides is 1. The highest BCUT2D eigenvalue weighted by Crippen LogP contribution is 2.54. The van der Waals surface area contributed by atoms with Crippen LogP contribution in [0.1, 0.15) is 34.8 Å². The lowest BCUT2D eigenvalue weighted by atomic mass is 9.57. The van der Waals surface area contributed by atoms with Gasteiger partial charge < -0.3 is 30.1 Å². The van der Waals surface area contributed by atoms with E-state index in [4.69, 9.17) is 5.73 Å². The number of Topliss-reactive ketones (excluding diaryl/α,β-unsaturated/α-hetero) is 3. The van der Waals surface area contributed by atoms with Crippen molar-refractivity contribution in [1.82, 2.24) is 4.90 Å². The molecule has 3 aliphatic rings. The van der Waals surface area contributed by atoms with Crippen LogP contribution >= 0.6 is 0 Å². The summed E-state index contributed by atoms with van der Waals surface area (Å²) < 4.78 is 68.6. The molecule has 1 aromatic carbocycles. The summed E-state index contributed by atoms with van der Waals surface area (Å²) in [7, 11) is -0.543. The van der Waals surface area contributed by atoms with Crippen molar-refractivity contribution in [2.75, 3.05) is 33.1 Å². The molecule has 4 rings (SSSR count). The Morgan fingerprint density at radius 3 is 2.19 bits per heavy atom. The highest BCUT2D eigenvalue weighted by Gasteiger charge is 2.64. The number of anilines is 1. The van der Waals surface area contributed by atoms with Crippen LogP contribution in [0, 0.1) is 11.8 Å². The number of aliphatic hydroxyl groups is 3. The van der Waals surface area contributed by atoms with Crippen LogP contribution in [-0.2, 0) is 30.9 Å². The van der Waals surface area contributed by atoms with E-state index in [0.717, 1.165) is 13.0 Å². The Kier molecular flexibility index (Phi) is 7.48. The van der Waals surface area contributed by atoms with Gasteiger partial charge in [0, 0.05) is 31.3 Å². The zero-order valence-corrected chi connectivity index (χ0v) is 24.3. The molecule has 234 valence electrons. The molecule has 1 saturated carbocycles. The number of benzene rings is 1. The summed E-state index contributed by atoms with van der Waals surface area (Å²) in [6.45, 7) is 0.914. The minimum atomic E-state index is -6.39. The number of nitrogens with zero attached hydrogens (tertiary/aromatic N) is 2. The third kappa shape index (κ3) is 4.56. The molecule has 0 heterocycles. The molecule has 3 aliphatic carbocycles. The quantitative estimate of drug-likeness (QED) is 0.149. The number of ketones is 3. The van der Waals surface area contributed by atoms with Crippen molar-refractivity contribution in [3.63, 3.8) is 0 Å². The van der Waals surface area contributed by atoms with Crippen molar-refractivity contribution < 1.29 is 60.3 Å². The number of hydrogen-bond donors (Lipinski definition) is 4. The van der Waals surface area contributed by atoms with E-state index in [1.54, 1.807) is 0 Å². The molecule has 43 heavy (non-hydrogen) atoms. The van der Waals surface area contributed by atoms with Crippen LogP contribution < -0.4 is 14.8 Å². The Bertz CT molecular complexity index is 1660. The third-order valence-electron chi connectivity index (χ3n) is 8.01. The molecule has 0 bridgehead atoms. The molecule has 13 nitrogen and oxygen atoms in total. The number of halogens is 3. The number of nitrogens with two attached hydrogens (primary N) is 1. The van der Waals surface area contributed by atoms with E-state index in [-0.39, 0.29) is 24.1 Å². The van der Waals surface area contributed by atoms with Crippen molar-refractivity contribution >= 4 is 44.8 Å². The van der Waals surface area contributed by atoms with Crippen molar-refractivity contribution in [2.45, 2.75) is 36.9 Å². The maximum atomic E-state index is 14.0. The van der Waals surface area contributed by atoms with Gasteiger partial charge in [-0.1, -0.05) is 0 Å². The Morgan fingerprint density at radius 2 is 1.72 bits per heavy atom. The molecule has 0 aromatic heterocycles. The van der Waals surface area contributed by atoms with Crippen LogP contribution in [0.2, 0.25) is 0 Å². The van der Waals surface area contributed by atoms with Gasteiger partial charge in [0.1, 0.15) is 17.1 Å². The van der Waals surface area contributed by atoms with E-state index < -0.39 is 102 Å². The standard InChI is InChI=1S/C26H28F3N3O10S/c1-9(33)11-8-14(31(2)3)12-6-10-7-13-18(32(4)5)20(35)17(24(30)38)23(37)25(13,39)22(36)15(10)19(34)16(12)21(11)42-43(40,41)26(27,28)29/h8,10,13,18,34,37,39H,6-7H2,1-5H3,(H2,30,38)/t10?,13?,18?,25-/m0/s1. The highest BCUT2D eigenvalue weighted by molar-refractivity contribution is 7.88. The zero-order valence-electron chi connectivity index (χ0n) is 23.4. The second-order valence-corrected chi connectivity index (χ2v) is 12.6. The lowest BCUT2D eigenvalue weighted by Gasteiger charge is -2.50. The maximum Gasteiger partial charge on any atom is 0.534 e. The monoisotopic (exact) mass is 631 g/mol. The Morgan fingerprint density at radius 1 is 1.14 bits per heavy atom. The van der Waals surface area contributed by atoms with E-state index in [9.17, 15) is 56.1 Å². The summed E-state index contributed by atoms with van der Waals surface area (Å²) in [5, 5.41) is 34.1. The van der Waals surface area contributed by atoms with E-state index in [1.807, 2.05) is 0 Å². The van der Waals surface area contributed by atoms with Gasteiger partial charge in [-0.05, 0) is 51.4 Å². The molecule has 5 N–H and O–H groups in total. The van der Waals surface area contributed by atoms with Gasteiger partial charge in [-0.2, -0.15) is 21.6 Å². The molecule has 17 heteroatoms. The van der Waals surface area contributed by atoms with Gasteiger partial charge in [0.05, 0.1) is 17.2 Å². The number of carbonyl (C=O) groups excluding carboxylic acids is 4. The minimum Gasteiger partial charge on any atom is -0.508 e. The highest BCUT2D eigenvalue weighted by atomic mass is 32.2. The molecular formula is C26H28F3N3O10S. The van der Waals surface area contributed by atoms with Gasteiger partial charge in [-0.3, -0.25) is 24.1 Å². The van der Waals surface area contributed by atoms with Crippen molar-refractivity contribution in [1.29, 1.82) is 0 Å². The van der Waals surface area contributed by atoms with E-state index in [2.05, 4.69) is 4.18 Å². The van der Waals surface area contributed by atoms with Gasteiger partial charge >= 0.3 is 15.6 Å². The molecule has 0 saturated heterocycles. The molecule has 0 radical (unpaired) electrons. The van der Waals surface area contributed by atoms with Crippen LogP contribution in [0.4, 0.5) is 18.9 Å². The first-order chi connectivity index (χ1) is 19.6. The van der Waals surface area contributed by atoms with Gasteiger partial charge in [-0.25, -0.2) is 0 Å². The fourth-order valence-corrected chi connectivity index (χ4v) is 6.67. The van der Waals surface area contributed by atoms with Crippen LogP contribution in [0.15, 0.2) is 23.0 Å². The van der Waals surface area contributed by atoms with E-state index >= 15 is 0 Å². The molecule has 4 atom stereocenters. The zero-order chi connectivity index (χ0) is 32.7. The SMILES string of the molecule is CC(=O)c1cc(N(C)C)c2c(c1OS(=O)(=O)C(F)(F)F)C(O)=C1C(=O)[C@]3(O)C(O)=C(C(N)=O)C(=O)C(N(C)C)C3CC1C2. The van der Waals surface area contributed by atoms with Gasteiger partial charge in [0.15, 0.2) is 22.9 Å². The minimum absolute atomic E-state index is 0.00740. The summed E-state index contributed by atoms with van der Waals surface area (Å²) in [4.78, 5) is 54.6. The summed E-state index contributed by atoms with van der Waals surface area (Å²) in [5.74, 6) is -10.8. The smallest absolute Gasteiger partial charge is 0.508 e. The topological polar surface area (TPSA) is 205 Å². The van der Waals surface area contributed by atoms with Crippen LogP contribution in [0.5, 0.6) is 5.75 Å². The Hall–Kier alpha value is -3.96. The molecule has 3 unspecified atom stereocenters. The van der Waals surface area contributed by atoms with Crippen LogP contribution in [0.3, 0.4) is 0 Å². The second kappa shape index (κ2) is 10.1. The first-order valence-electron chi connectivity index (χ1n) is 12.6. The number of alkyl halides is 3.